The fourth-order valence-electron chi connectivity index (χ4n) is 2.44. The fourth-order valence-corrected chi connectivity index (χ4v) is 3.50. The van der Waals surface area contributed by atoms with E-state index >= 15 is 0 Å². The zero-order valence-electron chi connectivity index (χ0n) is 14.0. The maximum absolute atomic E-state index is 11.2. The van der Waals surface area contributed by atoms with Crippen molar-refractivity contribution in [2.75, 3.05) is 5.32 Å². The summed E-state index contributed by atoms with van der Waals surface area (Å²) in [6.45, 7) is 0. The van der Waals surface area contributed by atoms with E-state index in [0.717, 1.165) is 6.07 Å². The van der Waals surface area contributed by atoms with E-state index in [0.29, 0.717) is 22.1 Å². The number of hydrogen-bond acceptors (Lipinski definition) is 6. The Morgan fingerprint density at radius 2 is 1.37 bits per heavy atom. The van der Waals surface area contributed by atoms with Gasteiger partial charge in [0, 0.05) is 52.4 Å². The van der Waals surface area contributed by atoms with Crippen LogP contribution in [0.3, 0.4) is 0 Å². The van der Waals surface area contributed by atoms with Crippen LogP contribution in [0.4, 0.5) is 11.4 Å². The van der Waals surface area contributed by atoms with Crippen molar-refractivity contribution < 1.29 is 31.0 Å². The molecule has 0 saturated heterocycles. The van der Waals surface area contributed by atoms with Crippen LogP contribution in [0.2, 0.25) is 0 Å². The molecule has 0 saturated carbocycles. The molecule has 0 atom stereocenters. The Morgan fingerprint density at radius 1 is 0.741 bits per heavy atom. The van der Waals surface area contributed by atoms with Crippen molar-refractivity contribution >= 4 is 71.9 Å². The van der Waals surface area contributed by atoms with Gasteiger partial charge in [-0.2, -0.15) is 16.8 Å². The standard InChI is InChI=1S/C16H13NO7S2.Na/c18-16-9-14(26(22,23)24)6-10-4-5-12(8-15(10)16)17-11-2-1-3-13(7-11)25(19,20)21;/h1-9,17-18H,(H,19,20,21)(H,22,23,24);. The van der Waals surface area contributed by atoms with Crippen molar-refractivity contribution in [2.24, 2.45) is 0 Å². The van der Waals surface area contributed by atoms with E-state index in [1.165, 1.54) is 36.4 Å². The van der Waals surface area contributed by atoms with Crippen molar-refractivity contribution in [3.63, 3.8) is 0 Å². The quantitative estimate of drug-likeness (QED) is 0.374. The second-order valence-corrected chi connectivity index (χ2v) is 8.32. The molecule has 3 rings (SSSR count). The van der Waals surface area contributed by atoms with Gasteiger partial charge in [0.05, 0.1) is 9.79 Å². The van der Waals surface area contributed by atoms with E-state index in [1.807, 2.05) is 0 Å². The van der Waals surface area contributed by atoms with Crippen LogP contribution >= 0.6 is 0 Å². The third-order valence-corrected chi connectivity index (χ3v) is 5.31. The zero-order valence-corrected chi connectivity index (χ0v) is 17.6. The topological polar surface area (TPSA) is 141 Å². The zero-order chi connectivity index (χ0) is 19.1. The van der Waals surface area contributed by atoms with Crippen LogP contribution in [-0.4, -0.2) is 60.6 Å². The third-order valence-electron chi connectivity index (χ3n) is 3.62. The monoisotopic (exact) mass is 418 g/mol. The van der Waals surface area contributed by atoms with E-state index in [1.54, 1.807) is 12.1 Å². The summed E-state index contributed by atoms with van der Waals surface area (Å²) in [5.74, 6) is -0.342. The van der Waals surface area contributed by atoms with Gasteiger partial charge < -0.3 is 10.4 Å². The molecule has 1 radical (unpaired) electrons. The van der Waals surface area contributed by atoms with Gasteiger partial charge in [-0.1, -0.05) is 12.1 Å². The van der Waals surface area contributed by atoms with Crippen LogP contribution < -0.4 is 5.32 Å². The number of fused-ring (bicyclic) bond motifs is 1. The Labute approximate surface area is 177 Å². The maximum Gasteiger partial charge on any atom is 0.294 e. The Kier molecular flexibility index (Phi) is 6.22. The van der Waals surface area contributed by atoms with Gasteiger partial charge in [-0.3, -0.25) is 9.11 Å². The van der Waals surface area contributed by atoms with E-state index in [-0.39, 0.29) is 40.2 Å². The van der Waals surface area contributed by atoms with Gasteiger partial charge in [-0.05, 0) is 41.8 Å². The fraction of sp³-hybridized carbons (Fsp3) is 0. The number of phenolic OH excluding ortho intramolecular Hbond substituents is 1. The van der Waals surface area contributed by atoms with Gasteiger partial charge in [-0.25, -0.2) is 0 Å². The van der Waals surface area contributed by atoms with E-state index < -0.39 is 25.1 Å². The molecule has 0 amide bonds. The van der Waals surface area contributed by atoms with E-state index in [2.05, 4.69) is 5.32 Å². The van der Waals surface area contributed by atoms with Crippen molar-refractivity contribution in [1.82, 2.24) is 0 Å². The molecule has 3 aromatic rings. The summed E-state index contributed by atoms with van der Waals surface area (Å²) in [5.41, 5.74) is 0.869. The molecule has 0 unspecified atom stereocenters. The number of hydrogen-bond donors (Lipinski definition) is 4. The number of rotatable bonds is 4. The molecule has 0 aliphatic heterocycles. The number of anilines is 2. The summed E-state index contributed by atoms with van der Waals surface area (Å²) in [6, 6.07) is 12.3. The predicted molar refractivity (Wildman–Crippen MR) is 101 cm³/mol. The Hall–Kier alpha value is -1.66. The second kappa shape index (κ2) is 7.76. The minimum Gasteiger partial charge on any atom is -0.507 e. The second-order valence-electron chi connectivity index (χ2n) is 5.48. The van der Waals surface area contributed by atoms with Gasteiger partial charge in [0.25, 0.3) is 20.2 Å². The number of aromatic hydroxyl groups is 1. The van der Waals surface area contributed by atoms with Crippen molar-refractivity contribution in [3.05, 3.63) is 54.6 Å². The number of nitrogens with one attached hydrogen (secondary N) is 1. The van der Waals surface area contributed by atoms with Crippen LogP contribution in [0.5, 0.6) is 5.75 Å². The van der Waals surface area contributed by atoms with Crippen molar-refractivity contribution in [3.8, 4) is 5.75 Å². The van der Waals surface area contributed by atoms with E-state index in [9.17, 15) is 21.9 Å². The molecular weight excluding hydrogens is 405 g/mol. The van der Waals surface area contributed by atoms with Crippen molar-refractivity contribution in [1.29, 1.82) is 0 Å². The normalized spacial score (nSPS) is 11.8. The first kappa shape index (κ1) is 21.6. The average molecular weight is 418 g/mol. The molecular formula is C16H13NNaO7S2. The molecule has 0 aliphatic carbocycles. The summed E-state index contributed by atoms with van der Waals surface area (Å²) >= 11 is 0. The molecule has 0 aliphatic rings. The smallest absolute Gasteiger partial charge is 0.294 e. The molecule has 0 aromatic heterocycles. The predicted octanol–water partition coefficient (Wildman–Crippen LogP) is 2.40. The largest absolute Gasteiger partial charge is 0.507 e. The van der Waals surface area contributed by atoms with Gasteiger partial charge >= 0.3 is 0 Å². The Balaban J connectivity index is 0.00000261. The first-order chi connectivity index (χ1) is 12.0. The van der Waals surface area contributed by atoms with Crippen molar-refractivity contribution in [2.45, 2.75) is 9.79 Å². The Bertz CT molecular complexity index is 1220. The summed E-state index contributed by atoms with van der Waals surface area (Å²) in [5, 5.41) is 13.7. The summed E-state index contributed by atoms with van der Waals surface area (Å²) < 4.78 is 63.0. The molecule has 137 valence electrons. The molecule has 0 bridgehead atoms. The van der Waals surface area contributed by atoms with Gasteiger partial charge in [0.1, 0.15) is 5.75 Å². The SMILES string of the molecule is O=S(=O)(O)c1cccc(Nc2ccc3cc(S(=O)(=O)O)cc(O)c3c2)c1.[Na]. The van der Waals surface area contributed by atoms with Gasteiger partial charge in [-0.15, -0.1) is 0 Å². The molecule has 8 nitrogen and oxygen atoms in total. The van der Waals surface area contributed by atoms with Crippen LogP contribution in [0.15, 0.2) is 64.4 Å². The number of benzene rings is 3. The number of phenols is 1. The summed E-state index contributed by atoms with van der Waals surface area (Å²) in [7, 11) is -8.79. The van der Waals surface area contributed by atoms with Crippen LogP contribution in [0, 0.1) is 0 Å². The molecule has 0 heterocycles. The third kappa shape index (κ3) is 4.99. The van der Waals surface area contributed by atoms with Crippen LogP contribution in [0.1, 0.15) is 0 Å². The first-order valence-electron chi connectivity index (χ1n) is 7.13. The molecule has 3 aromatic carbocycles. The van der Waals surface area contributed by atoms with Gasteiger partial charge in [0.2, 0.25) is 0 Å². The molecule has 27 heavy (non-hydrogen) atoms. The summed E-state index contributed by atoms with van der Waals surface area (Å²) in [6.07, 6.45) is 0. The van der Waals surface area contributed by atoms with Gasteiger partial charge in [0.15, 0.2) is 0 Å². The molecule has 0 spiro atoms. The van der Waals surface area contributed by atoms with Crippen LogP contribution in [-0.2, 0) is 20.2 Å². The Morgan fingerprint density at radius 3 is 2.00 bits per heavy atom. The minimum absolute atomic E-state index is 0. The van der Waals surface area contributed by atoms with Crippen LogP contribution in [0.25, 0.3) is 10.8 Å². The molecule has 11 heteroatoms. The average Bonchev–Trinajstić information content (AvgIpc) is 2.54. The maximum atomic E-state index is 11.2. The molecule has 4 N–H and O–H groups in total. The van der Waals surface area contributed by atoms with E-state index in [4.69, 9.17) is 9.11 Å². The molecule has 0 fully saturated rings. The summed E-state index contributed by atoms with van der Waals surface area (Å²) in [4.78, 5) is -0.701. The first-order valence-corrected chi connectivity index (χ1v) is 10.0. The minimum atomic E-state index is -4.45.